The second kappa shape index (κ2) is 5.96. The van der Waals surface area contributed by atoms with Crippen molar-refractivity contribution in [1.82, 2.24) is 9.88 Å². The van der Waals surface area contributed by atoms with Gasteiger partial charge >= 0.3 is 0 Å². The lowest BCUT2D eigenvalue weighted by Gasteiger charge is -2.21. The molecule has 0 bridgehead atoms. The van der Waals surface area contributed by atoms with Crippen molar-refractivity contribution < 1.29 is 4.79 Å². The Bertz CT molecular complexity index is 324. The number of rotatable bonds is 5. The minimum Gasteiger partial charge on any atom is -0.338 e. The number of hydrogen-bond acceptors (Lipinski definition) is 4. The standard InChI is InChI=1S/C11H19N3OS/c1-8(2)4-10(12)11(15)14(3)5-9-6-16-7-13-9/h6-8,10H,4-5,12H2,1-3H3. The van der Waals surface area contributed by atoms with E-state index in [0.717, 1.165) is 12.1 Å². The first-order valence-corrected chi connectivity index (χ1v) is 6.32. The van der Waals surface area contributed by atoms with Crippen LogP contribution < -0.4 is 5.73 Å². The Morgan fingerprint density at radius 2 is 2.31 bits per heavy atom. The smallest absolute Gasteiger partial charge is 0.239 e. The molecule has 0 aliphatic heterocycles. The number of carbonyl (C=O) groups is 1. The van der Waals surface area contributed by atoms with E-state index in [2.05, 4.69) is 18.8 Å². The maximum atomic E-state index is 11.9. The molecule has 2 N–H and O–H groups in total. The van der Waals surface area contributed by atoms with Crippen molar-refractivity contribution in [3.05, 3.63) is 16.6 Å². The molecule has 1 aromatic heterocycles. The fourth-order valence-electron chi connectivity index (χ4n) is 1.53. The van der Waals surface area contributed by atoms with E-state index >= 15 is 0 Å². The van der Waals surface area contributed by atoms with Crippen molar-refractivity contribution in [3.8, 4) is 0 Å². The molecule has 90 valence electrons. The fraction of sp³-hybridized carbons (Fsp3) is 0.636. The number of thiazole rings is 1. The topological polar surface area (TPSA) is 59.2 Å². The molecule has 5 heteroatoms. The molecule has 0 radical (unpaired) electrons. The Labute approximate surface area is 100 Å². The molecule has 1 unspecified atom stereocenters. The summed E-state index contributed by atoms with van der Waals surface area (Å²) in [5, 5.41) is 1.94. The summed E-state index contributed by atoms with van der Waals surface area (Å²) in [6, 6.07) is -0.399. The van der Waals surface area contributed by atoms with Gasteiger partial charge in [-0.25, -0.2) is 4.98 Å². The van der Waals surface area contributed by atoms with Gasteiger partial charge in [-0.05, 0) is 12.3 Å². The van der Waals surface area contributed by atoms with Gasteiger partial charge in [-0.1, -0.05) is 13.8 Å². The van der Waals surface area contributed by atoms with E-state index in [0.29, 0.717) is 12.5 Å². The molecule has 1 atom stereocenters. The number of hydrogen-bond donors (Lipinski definition) is 1. The Morgan fingerprint density at radius 1 is 1.62 bits per heavy atom. The molecular formula is C11H19N3OS. The van der Waals surface area contributed by atoms with Crippen LogP contribution in [0.25, 0.3) is 0 Å². The number of nitrogens with zero attached hydrogens (tertiary/aromatic N) is 2. The number of aromatic nitrogens is 1. The van der Waals surface area contributed by atoms with Crippen LogP contribution in [-0.2, 0) is 11.3 Å². The highest BCUT2D eigenvalue weighted by Crippen LogP contribution is 2.08. The van der Waals surface area contributed by atoms with E-state index in [1.807, 2.05) is 5.38 Å². The highest BCUT2D eigenvalue weighted by molar-refractivity contribution is 7.07. The summed E-state index contributed by atoms with van der Waals surface area (Å²) in [6.07, 6.45) is 0.722. The lowest BCUT2D eigenvalue weighted by molar-refractivity contribution is -0.132. The van der Waals surface area contributed by atoms with Crippen molar-refractivity contribution in [2.75, 3.05) is 7.05 Å². The summed E-state index contributed by atoms with van der Waals surface area (Å²) in [7, 11) is 1.77. The molecule has 1 aromatic rings. The van der Waals surface area contributed by atoms with E-state index in [1.54, 1.807) is 17.5 Å². The number of amides is 1. The highest BCUT2D eigenvalue weighted by atomic mass is 32.1. The number of likely N-dealkylation sites (N-methyl/N-ethyl adjacent to an activating group) is 1. The second-order valence-corrected chi connectivity index (χ2v) is 5.13. The van der Waals surface area contributed by atoms with Gasteiger partial charge in [0.05, 0.1) is 23.8 Å². The quantitative estimate of drug-likeness (QED) is 0.849. The third kappa shape index (κ3) is 3.90. The monoisotopic (exact) mass is 241 g/mol. The summed E-state index contributed by atoms with van der Waals surface area (Å²) in [5.74, 6) is 0.424. The molecule has 0 aliphatic rings. The maximum absolute atomic E-state index is 11.9. The van der Waals surface area contributed by atoms with E-state index in [-0.39, 0.29) is 5.91 Å². The average molecular weight is 241 g/mol. The first-order chi connectivity index (χ1) is 7.50. The van der Waals surface area contributed by atoms with Gasteiger partial charge in [0.15, 0.2) is 0 Å². The van der Waals surface area contributed by atoms with E-state index in [4.69, 9.17) is 5.73 Å². The van der Waals surface area contributed by atoms with E-state index in [9.17, 15) is 4.79 Å². The Morgan fingerprint density at radius 3 is 2.81 bits per heavy atom. The molecule has 0 saturated heterocycles. The normalized spacial score (nSPS) is 12.8. The van der Waals surface area contributed by atoms with Crippen molar-refractivity contribution in [1.29, 1.82) is 0 Å². The summed E-state index contributed by atoms with van der Waals surface area (Å²) in [5.41, 5.74) is 8.52. The van der Waals surface area contributed by atoms with Gasteiger partial charge in [0.1, 0.15) is 0 Å². The van der Waals surface area contributed by atoms with Crippen LogP contribution in [0.3, 0.4) is 0 Å². The van der Waals surface area contributed by atoms with Gasteiger partial charge in [0.25, 0.3) is 0 Å². The van der Waals surface area contributed by atoms with E-state index in [1.165, 1.54) is 11.3 Å². The Hall–Kier alpha value is -0.940. The van der Waals surface area contributed by atoms with Crippen molar-refractivity contribution in [3.63, 3.8) is 0 Å². The van der Waals surface area contributed by atoms with Crippen LogP contribution in [0.4, 0.5) is 0 Å². The van der Waals surface area contributed by atoms with E-state index < -0.39 is 6.04 Å². The largest absolute Gasteiger partial charge is 0.338 e. The summed E-state index contributed by atoms with van der Waals surface area (Å²) in [4.78, 5) is 17.7. The fourth-order valence-corrected chi connectivity index (χ4v) is 2.08. The zero-order valence-corrected chi connectivity index (χ0v) is 10.8. The highest BCUT2D eigenvalue weighted by Gasteiger charge is 2.19. The van der Waals surface area contributed by atoms with Gasteiger partial charge in [0.2, 0.25) is 5.91 Å². The second-order valence-electron chi connectivity index (χ2n) is 4.41. The molecule has 1 rings (SSSR count). The van der Waals surface area contributed by atoms with Gasteiger partial charge < -0.3 is 10.6 Å². The van der Waals surface area contributed by atoms with Crippen molar-refractivity contribution in [2.24, 2.45) is 11.7 Å². The molecule has 0 spiro atoms. The predicted molar refractivity (Wildman–Crippen MR) is 66.0 cm³/mol. The summed E-state index contributed by atoms with van der Waals surface area (Å²) >= 11 is 1.53. The molecule has 0 saturated carbocycles. The minimum atomic E-state index is -0.399. The lowest BCUT2D eigenvalue weighted by atomic mass is 10.0. The van der Waals surface area contributed by atoms with Crippen LogP contribution in [-0.4, -0.2) is 28.9 Å². The summed E-state index contributed by atoms with van der Waals surface area (Å²) in [6.45, 7) is 4.66. The van der Waals surface area contributed by atoms with Crippen LogP contribution in [0.1, 0.15) is 26.0 Å². The van der Waals surface area contributed by atoms with Crippen LogP contribution in [0.5, 0.6) is 0 Å². The predicted octanol–water partition coefficient (Wildman–Crippen LogP) is 1.47. The van der Waals surface area contributed by atoms with Crippen LogP contribution in [0.2, 0.25) is 0 Å². The van der Waals surface area contributed by atoms with Crippen LogP contribution in [0, 0.1) is 5.92 Å². The molecule has 0 fully saturated rings. The van der Waals surface area contributed by atoms with Crippen molar-refractivity contribution >= 4 is 17.2 Å². The summed E-state index contributed by atoms with van der Waals surface area (Å²) < 4.78 is 0. The first-order valence-electron chi connectivity index (χ1n) is 5.38. The molecule has 0 aromatic carbocycles. The molecule has 16 heavy (non-hydrogen) atoms. The van der Waals surface area contributed by atoms with Crippen molar-refractivity contribution in [2.45, 2.75) is 32.9 Å². The molecule has 1 heterocycles. The molecule has 1 amide bonds. The van der Waals surface area contributed by atoms with Crippen LogP contribution >= 0.6 is 11.3 Å². The van der Waals surface area contributed by atoms with Gasteiger partial charge in [-0.15, -0.1) is 11.3 Å². The van der Waals surface area contributed by atoms with Gasteiger partial charge in [-0.3, -0.25) is 4.79 Å². The zero-order chi connectivity index (χ0) is 12.1. The zero-order valence-electron chi connectivity index (χ0n) is 10.0. The van der Waals surface area contributed by atoms with Crippen LogP contribution in [0.15, 0.2) is 10.9 Å². The number of carbonyl (C=O) groups excluding carboxylic acids is 1. The SMILES string of the molecule is CC(C)CC(N)C(=O)N(C)Cc1cscn1. The molecule has 0 aliphatic carbocycles. The Balaban J connectivity index is 2.47. The third-order valence-corrected chi connectivity index (χ3v) is 2.94. The molecular weight excluding hydrogens is 222 g/mol. The van der Waals surface area contributed by atoms with Gasteiger partial charge in [-0.2, -0.15) is 0 Å². The third-order valence-electron chi connectivity index (χ3n) is 2.30. The first kappa shape index (κ1) is 13.1. The molecule has 4 nitrogen and oxygen atoms in total. The van der Waals surface area contributed by atoms with Gasteiger partial charge in [0, 0.05) is 12.4 Å². The Kier molecular flexibility index (Phi) is 4.89. The lowest BCUT2D eigenvalue weighted by Crippen LogP contribution is -2.42. The average Bonchev–Trinajstić information content (AvgIpc) is 2.68. The minimum absolute atomic E-state index is 0.0123. The number of nitrogens with two attached hydrogens (primary N) is 1. The maximum Gasteiger partial charge on any atom is 0.239 e.